The lowest BCUT2D eigenvalue weighted by Gasteiger charge is -2.25. The van der Waals surface area contributed by atoms with Crippen LogP contribution < -0.4 is 0 Å². The van der Waals surface area contributed by atoms with Crippen LogP contribution in [0.3, 0.4) is 0 Å². The summed E-state index contributed by atoms with van der Waals surface area (Å²) >= 11 is 0. The van der Waals surface area contributed by atoms with Crippen LogP contribution in [0.25, 0.3) is 0 Å². The van der Waals surface area contributed by atoms with Gasteiger partial charge in [0.2, 0.25) is 0 Å². The van der Waals surface area contributed by atoms with Crippen LogP contribution in [0.5, 0.6) is 0 Å². The summed E-state index contributed by atoms with van der Waals surface area (Å²) in [5, 5.41) is 8.81. The molecule has 0 spiro atoms. The van der Waals surface area contributed by atoms with Crippen LogP contribution in [0.15, 0.2) is 0 Å². The van der Waals surface area contributed by atoms with Crippen LogP contribution in [0.1, 0.15) is 25.7 Å². The van der Waals surface area contributed by atoms with E-state index in [9.17, 15) is 0 Å². The molecule has 1 aliphatic carbocycles. The molecule has 1 fully saturated rings. The van der Waals surface area contributed by atoms with Crippen LogP contribution in [-0.4, -0.2) is 24.9 Å². The molecule has 0 radical (unpaired) electrons. The van der Waals surface area contributed by atoms with Gasteiger partial charge in [-0.2, -0.15) is 0 Å². The second-order valence-electron chi connectivity index (χ2n) is 3.06. The molecule has 0 saturated heterocycles. The van der Waals surface area contributed by atoms with Gasteiger partial charge in [-0.25, -0.2) is 0 Å². The van der Waals surface area contributed by atoms with Gasteiger partial charge in [0.1, 0.15) is 0 Å². The van der Waals surface area contributed by atoms with E-state index in [1.807, 2.05) is 0 Å². The lowest BCUT2D eigenvalue weighted by atomic mass is 9.88. The van der Waals surface area contributed by atoms with Crippen LogP contribution >= 0.6 is 0 Å². The second-order valence-corrected chi connectivity index (χ2v) is 3.06. The molecular formula is C8H16O2. The highest BCUT2D eigenvalue weighted by molar-refractivity contribution is 4.71. The Morgan fingerprint density at radius 2 is 1.90 bits per heavy atom. The first-order valence-corrected chi connectivity index (χ1v) is 4.00. The van der Waals surface area contributed by atoms with E-state index in [4.69, 9.17) is 9.84 Å². The molecule has 0 aromatic carbocycles. The van der Waals surface area contributed by atoms with Gasteiger partial charge in [-0.3, -0.25) is 0 Å². The van der Waals surface area contributed by atoms with Gasteiger partial charge in [-0.1, -0.05) is 0 Å². The molecule has 1 aliphatic rings. The molecule has 2 heteroatoms. The van der Waals surface area contributed by atoms with Crippen LogP contribution in [0, 0.1) is 5.92 Å². The van der Waals surface area contributed by atoms with E-state index in [1.54, 1.807) is 7.11 Å². The van der Waals surface area contributed by atoms with Gasteiger partial charge in [0.25, 0.3) is 0 Å². The van der Waals surface area contributed by atoms with Gasteiger partial charge in [0.05, 0.1) is 6.10 Å². The summed E-state index contributed by atoms with van der Waals surface area (Å²) in [7, 11) is 1.77. The van der Waals surface area contributed by atoms with E-state index in [0.717, 1.165) is 25.7 Å². The Kier molecular flexibility index (Phi) is 3.16. The Hall–Kier alpha value is -0.0800. The fourth-order valence-corrected chi connectivity index (χ4v) is 1.55. The van der Waals surface area contributed by atoms with Crippen LogP contribution in [0.2, 0.25) is 0 Å². The Morgan fingerprint density at radius 3 is 2.30 bits per heavy atom. The van der Waals surface area contributed by atoms with Gasteiger partial charge < -0.3 is 9.84 Å². The summed E-state index contributed by atoms with van der Waals surface area (Å²) in [5.41, 5.74) is 0. The van der Waals surface area contributed by atoms with Crippen LogP contribution in [0.4, 0.5) is 0 Å². The summed E-state index contributed by atoms with van der Waals surface area (Å²) in [5.74, 6) is 0.548. The van der Waals surface area contributed by atoms with E-state index in [-0.39, 0.29) is 0 Å². The van der Waals surface area contributed by atoms with E-state index in [0.29, 0.717) is 18.6 Å². The predicted octanol–water partition coefficient (Wildman–Crippen LogP) is 1.18. The number of methoxy groups -OCH3 is 1. The average Bonchev–Trinajstić information content (AvgIpc) is 2.05. The number of aliphatic hydroxyl groups excluding tert-OH is 1. The molecule has 2 nitrogen and oxygen atoms in total. The van der Waals surface area contributed by atoms with Crippen molar-refractivity contribution in [1.82, 2.24) is 0 Å². The van der Waals surface area contributed by atoms with Crippen molar-refractivity contribution in [2.75, 3.05) is 13.7 Å². The van der Waals surface area contributed by atoms with Crippen molar-refractivity contribution in [3.63, 3.8) is 0 Å². The summed E-state index contributed by atoms with van der Waals surface area (Å²) in [6.07, 6.45) is 4.98. The van der Waals surface area contributed by atoms with Gasteiger partial charge >= 0.3 is 0 Å². The standard InChI is InChI=1S/C8H16O2/c1-10-8-4-2-7(6-9)3-5-8/h7-9H,2-6H2,1H3. The Labute approximate surface area is 62.2 Å². The maximum absolute atomic E-state index is 8.81. The maximum Gasteiger partial charge on any atom is 0.0571 e. The lowest BCUT2D eigenvalue weighted by Crippen LogP contribution is -2.21. The highest BCUT2D eigenvalue weighted by Crippen LogP contribution is 2.24. The minimum absolute atomic E-state index is 0.358. The normalized spacial score (nSPS) is 34.2. The highest BCUT2D eigenvalue weighted by atomic mass is 16.5. The quantitative estimate of drug-likeness (QED) is 0.630. The zero-order valence-corrected chi connectivity index (χ0v) is 6.55. The molecule has 1 N–H and O–H groups in total. The third-order valence-corrected chi connectivity index (χ3v) is 2.39. The highest BCUT2D eigenvalue weighted by Gasteiger charge is 2.19. The number of rotatable bonds is 2. The second kappa shape index (κ2) is 3.94. The van der Waals surface area contributed by atoms with E-state index >= 15 is 0 Å². The first kappa shape index (κ1) is 8.02. The van der Waals surface area contributed by atoms with Crippen molar-refractivity contribution in [2.24, 2.45) is 5.92 Å². The molecule has 0 aromatic heterocycles. The van der Waals surface area contributed by atoms with Gasteiger partial charge in [-0.05, 0) is 31.6 Å². The molecular weight excluding hydrogens is 128 g/mol. The van der Waals surface area contributed by atoms with E-state index < -0.39 is 0 Å². The molecule has 60 valence electrons. The molecule has 0 unspecified atom stereocenters. The van der Waals surface area contributed by atoms with Crippen molar-refractivity contribution >= 4 is 0 Å². The number of hydrogen-bond donors (Lipinski definition) is 1. The number of aliphatic hydroxyl groups is 1. The average molecular weight is 144 g/mol. The molecule has 0 atom stereocenters. The SMILES string of the molecule is COC1CCC(CO)CC1. The lowest BCUT2D eigenvalue weighted by molar-refractivity contribution is 0.0457. The minimum Gasteiger partial charge on any atom is -0.396 e. The third-order valence-electron chi connectivity index (χ3n) is 2.39. The largest absolute Gasteiger partial charge is 0.396 e. The van der Waals surface area contributed by atoms with Crippen LogP contribution in [-0.2, 0) is 4.74 Å². The van der Waals surface area contributed by atoms with E-state index in [2.05, 4.69) is 0 Å². The molecule has 10 heavy (non-hydrogen) atoms. The molecule has 0 aromatic rings. The molecule has 0 heterocycles. The topological polar surface area (TPSA) is 29.5 Å². The van der Waals surface area contributed by atoms with Crippen molar-refractivity contribution in [3.8, 4) is 0 Å². The summed E-state index contributed by atoms with van der Waals surface area (Å²) < 4.78 is 5.20. The zero-order chi connectivity index (χ0) is 7.40. The molecule has 1 saturated carbocycles. The first-order valence-electron chi connectivity index (χ1n) is 4.00. The Bertz CT molecular complexity index is 73.3. The van der Waals surface area contributed by atoms with Crippen molar-refractivity contribution in [2.45, 2.75) is 31.8 Å². The van der Waals surface area contributed by atoms with Crippen molar-refractivity contribution in [3.05, 3.63) is 0 Å². The fourth-order valence-electron chi connectivity index (χ4n) is 1.55. The van der Waals surface area contributed by atoms with Crippen molar-refractivity contribution in [1.29, 1.82) is 0 Å². The Morgan fingerprint density at radius 1 is 1.30 bits per heavy atom. The predicted molar refractivity (Wildman–Crippen MR) is 39.8 cm³/mol. The van der Waals surface area contributed by atoms with Gasteiger partial charge in [0, 0.05) is 13.7 Å². The third kappa shape index (κ3) is 1.96. The molecule has 0 amide bonds. The molecule has 0 aliphatic heterocycles. The summed E-state index contributed by atoms with van der Waals surface area (Å²) in [6.45, 7) is 0.358. The van der Waals surface area contributed by atoms with Gasteiger partial charge in [-0.15, -0.1) is 0 Å². The van der Waals surface area contributed by atoms with Gasteiger partial charge in [0.15, 0.2) is 0 Å². The molecule has 0 bridgehead atoms. The minimum atomic E-state index is 0.358. The number of hydrogen-bond acceptors (Lipinski definition) is 2. The first-order chi connectivity index (χ1) is 4.86. The summed E-state index contributed by atoms with van der Waals surface area (Å²) in [4.78, 5) is 0. The van der Waals surface area contributed by atoms with E-state index in [1.165, 1.54) is 0 Å². The number of ether oxygens (including phenoxy) is 1. The maximum atomic E-state index is 8.81. The molecule has 1 rings (SSSR count). The summed E-state index contributed by atoms with van der Waals surface area (Å²) in [6, 6.07) is 0. The fraction of sp³-hybridized carbons (Fsp3) is 1.00. The Balaban J connectivity index is 2.17. The van der Waals surface area contributed by atoms with Crippen molar-refractivity contribution < 1.29 is 9.84 Å². The smallest absolute Gasteiger partial charge is 0.0571 e. The zero-order valence-electron chi connectivity index (χ0n) is 6.55. The monoisotopic (exact) mass is 144 g/mol.